The van der Waals surface area contributed by atoms with Gasteiger partial charge in [-0.25, -0.2) is 4.39 Å². The SMILES string of the molecule is Fc1ccc(C(Cl)Cc2ccsc2)c(Br)c1. The van der Waals surface area contributed by atoms with Gasteiger partial charge in [0.1, 0.15) is 5.82 Å². The second-order valence-corrected chi connectivity index (χ2v) is 5.63. The fourth-order valence-electron chi connectivity index (χ4n) is 1.48. The summed E-state index contributed by atoms with van der Waals surface area (Å²) in [7, 11) is 0. The Hall–Kier alpha value is -0.380. The fourth-order valence-corrected chi connectivity index (χ4v) is 3.29. The first-order valence-electron chi connectivity index (χ1n) is 4.77. The Morgan fingerprint density at radius 3 is 2.81 bits per heavy atom. The molecule has 2 rings (SSSR count). The van der Waals surface area contributed by atoms with Gasteiger partial charge in [0, 0.05) is 4.47 Å². The highest BCUT2D eigenvalue weighted by atomic mass is 79.9. The molecule has 0 aliphatic heterocycles. The number of rotatable bonds is 3. The topological polar surface area (TPSA) is 0 Å². The van der Waals surface area contributed by atoms with Crippen molar-refractivity contribution >= 4 is 38.9 Å². The van der Waals surface area contributed by atoms with Crippen molar-refractivity contribution in [2.75, 3.05) is 0 Å². The maximum atomic E-state index is 12.9. The summed E-state index contributed by atoms with van der Waals surface area (Å²) in [6, 6.07) is 6.66. The zero-order valence-electron chi connectivity index (χ0n) is 8.29. The largest absolute Gasteiger partial charge is 0.207 e. The smallest absolute Gasteiger partial charge is 0.124 e. The predicted octanol–water partition coefficient (Wildman–Crippen LogP) is 5.17. The maximum absolute atomic E-state index is 12.9. The van der Waals surface area contributed by atoms with Crippen LogP contribution in [0.3, 0.4) is 0 Å². The van der Waals surface area contributed by atoms with E-state index in [1.807, 2.05) is 5.38 Å². The number of benzene rings is 1. The van der Waals surface area contributed by atoms with Gasteiger partial charge in [-0.15, -0.1) is 11.6 Å². The van der Waals surface area contributed by atoms with Crippen molar-refractivity contribution in [3.63, 3.8) is 0 Å². The van der Waals surface area contributed by atoms with E-state index in [1.165, 1.54) is 17.7 Å². The highest BCUT2D eigenvalue weighted by Gasteiger charge is 2.13. The average molecular weight is 320 g/mol. The summed E-state index contributed by atoms with van der Waals surface area (Å²) in [5.41, 5.74) is 2.13. The molecule has 0 aliphatic rings. The molecule has 1 heterocycles. The molecule has 0 N–H and O–H groups in total. The van der Waals surface area contributed by atoms with Crippen LogP contribution in [0.25, 0.3) is 0 Å². The summed E-state index contributed by atoms with van der Waals surface area (Å²) in [5.74, 6) is -0.255. The summed E-state index contributed by atoms with van der Waals surface area (Å²) in [4.78, 5) is 0. The Labute approximate surface area is 111 Å². The third-order valence-corrected chi connectivity index (χ3v) is 4.10. The molecule has 16 heavy (non-hydrogen) atoms. The average Bonchev–Trinajstić information content (AvgIpc) is 2.70. The van der Waals surface area contributed by atoms with Crippen molar-refractivity contribution in [2.24, 2.45) is 0 Å². The summed E-state index contributed by atoms with van der Waals surface area (Å²) >= 11 is 11.3. The van der Waals surface area contributed by atoms with Crippen molar-refractivity contribution < 1.29 is 4.39 Å². The minimum Gasteiger partial charge on any atom is -0.207 e. The first-order valence-corrected chi connectivity index (χ1v) is 6.94. The fraction of sp³-hybridized carbons (Fsp3) is 0.167. The summed E-state index contributed by atoms with van der Waals surface area (Å²) in [6.07, 6.45) is 0.759. The number of hydrogen-bond acceptors (Lipinski definition) is 1. The van der Waals surface area contributed by atoms with E-state index in [2.05, 4.69) is 27.4 Å². The Bertz CT molecular complexity index is 470. The second-order valence-electron chi connectivity index (χ2n) is 3.47. The molecule has 0 nitrogen and oxygen atoms in total. The number of hydrogen-bond donors (Lipinski definition) is 0. The van der Waals surface area contributed by atoms with Gasteiger partial charge in [-0.05, 0) is 46.5 Å². The van der Waals surface area contributed by atoms with Crippen LogP contribution in [0, 0.1) is 5.82 Å². The van der Waals surface area contributed by atoms with E-state index in [0.29, 0.717) is 0 Å². The molecular formula is C12H9BrClFS. The van der Waals surface area contributed by atoms with Gasteiger partial charge in [-0.1, -0.05) is 22.0 Å². The molecule has 1 aromatic carbocycles. The highest BCUT2D eigenvalue weighted by Crippen LogP contribution is 2.31. The molecule has 0 aliphatic carbocycles. The van der Waals surface area contributed by atoms with Crippen molar-refractivity contribution in [3.8, 4) is 0 Å². The normalized spacial score (nSPS) is 12.7. The van der Waals surface area contributed by atoms with E-state index in [9.17, 15) is 4.39 Å². The molecule has 0 radical (unpaired) electrons. The maximum Gasteiger partial charge on any atom is 0.124 e. The van der Waals surface area contributed by atoms with Crippen molar-refractivity contribution in [3.05, 3.63) is 56.4 Å². The van der Waals surface area contributed by atoms with Crippen LogP contribution in [0.5, 0.6) is 0 Å². The lowest BCUT2D eigenvalue weighted by atomic mass is 10.1. The van der Waals surface area contributed by atoms with E-state index in [1.54, 1.807) is 17.4 Å². The Balaban J connectivity index is 2.17. The molecule has 0 bridgehead atoms. The molecular weight excluding hydrogens is 311 g/mol. The molecule has 0 saturated carbocycles. The van der Waals surface area contributed by atoms with Crippen LogP contribution in [0.4, 0.5) is 4.39 Å². The lowest BCUT2D eigenvalue weighted by Crippen LogP contribution is -1.96. The van der Waals surface area contributed by atoms with Gasteiger partial charge in [0.2, 0.25) is 0 Å². The molecule has 0 amide bonds. The first kappa shape index (κ1) is 12.1. The van der Waals surface area contributed by atoms with Crippen LogP contribution in [0.15, 0.2) is 39.5 Å². The van der Waals surface area contributed by atoms with Gasteiger partial charge in [-0.3, -0.25) is 0 Å². The molecule has 0 fully saturated rings. The summed E-state index contributed by atoms with van der Waals surface area (Å²) in [6.45, 7) is 0. The van der Waals surface area contributed by atoms with Crippen LogP contribution in [0.2, 0.25) is 0 Å². The van der Waals surface area contributed by atoms with Crippen LogP contribution < -0.4 is 0 Å². The number of alkyl halides is 1. The van der Waals surface area contributed by atoms with Crippen LogP contribution >= 0.6 is 38.9 Å². The Morgan fingerprint density at radius 2 is 2.19 bits per heavy atom. The van der Waals surface area contributed by atoms with Gasteiger partial charge in [0.15, 0.2) is 0 Å². The zero-order valence-corrected chi connectivity index (χ0v) is 11.4. The van der Waals surface area contributed by atoms with Gasteiger partial charge < -0.3 is 0 Å². The van der Waals surface area contributed by atoms with Gasteiger partial charge >= 0.3 is 0 Å². The predicted molar refractivity (Wildman–Crippen MR) is 70.7 cm³/mol. The van der Waals surface area contributed by atoms with Gasteiger partial charge in [0.05, 0.1) is 5.38 Å². The second kappa shape index (κ2) is 5.30. The third-order valence-electron chi connectivity index (χ3n) is 2.29. The van der Waals surface area contributed by atoms with Gasteiger partial charge in [-0.2, -0.15) is 11.3 Å². The van der Waals surface area contributed by atoms with Crippen molar-refractivity contribution in [2.45, 2.75) is 11.8 Å². The lowest BCUT2D eigenvalue weighted by Gasteiger charge is -2.10. The molecule has 1 atom stereocenters. The van der Waals surface area contributed by atoms with E-state index >= 15 is 0 Å². The Morgan fingerprint density at radius 1 is 1.38 bits per heavy atom. The monoisotopic (exact) mass is 318 g/mol. The standard InChI is InChI=1S/C12H9BrClFS/c13-11-6-9(15)1-2-10(11)12(14)5-8-3-4-16-7-8/h1-4,6-7,12H,5H2. The molecule has 84 valence electrons. The molecule has 2 aromatic rings. The van der Waals surface area contributed by atoms with Crippen molar-refractivity contribution in [1.29, 1.82) is 0 Å². The molecule has 0 spiro atoms. The molecule has 1 unspecified atom stereocenters. The minimum absolute atomic E-state index is 0.135. The Kier molecular flexibility index (Phi) is 4.00. The van der Waals surface area contributed by atoms with Crippen LogP contribution in [-0.2, 0) is 6.42 Å². The molecule has 0 saturated heterocycles. The first-order chi connectivity index (χ1) is 7.66. The van der Waals surface area contributed by atoms with E-state index in [-0.39, 0.29) is 11.2 Å². The van der Waals surface area contributed by atoms with Crippen LogP contribution in [-0.4, -0.2) is 0 Å². The zero-order chi connectivity index (χ0) is 11.5. The van der Waals surface area contributed by atoms with Gasteiger partial charge in [0.25, 0.3) is 0 Å². The highest BCUT2D eigenvalue weighted by molar-refractivity contribution is 9.10. The lowest BCUT2D eigenvalue weighted by molar-refractivity contribution is 0.625. The quantitative estimate of drug-likeness (QED) is 0.684. The van der Waals surface area contributed by atoms with Crippen molar-refractivity contribution in [1.82, 2.24) is 0 Å². The number of halogens is 3. The molecule has 4 heteroatoms. The summed E-state index contributed by atoms with van der Waals surface area (Å²) in [5, 5.41) is 3.97. The van der Waals surface area contributed by atoms with E-state index in [4.69, 9.17) is 11.6 Å². The minimum atomic E-state index is -0.255. The van der Waals surface area contributed by atoms with E-state index < -0.39 is 0 Å². The number of thiophene rings is 1. The van der Waals surface area contributed by atoms with E-state index in [0.717, 1.165) is 16.5 Å². The molecule has 1 aromatic heterocycles. The summed E-state index contributed by atoms with van der Waals surface area (Å²) < 4.78 is 13.6. The van der Waals surface area contributed by atoms with Crippen LogP contribution in [0.1, 0.15) is 16.5 Å². The third kappa shape index (κ3) is 2.84.